The number of ether oxygens (including phenoxy) is 2. The number of hydrogen-bond acceptors (Lipinski definition) is 6. The standard InChI is InChI=1S/C20H17N3O5/c21-10-13-2-1-3-15(8-13)22-19(25)11-28-20(26)12-27-16-5-6-17-14(9-16)4-7-18(24)23-17/h1-3,5-6,8-9H,4,7,11-12H2,(H,22,25)(H,23,24). The van der Waals surface area contributed by atoms with E-state index in [0.717, 1.165) is 11.3 Å². The number of esters is 1. The Kier molecular flexibility index (Phi) is 5.87. The number of amides is 2. The van der Waals surface area contributed by atoms with Gasteiger partial charge in [-0.25, -0.2) is 4.79 Å². The monoisotopic (exact) mass is 379 g/mol. The predicted octanol–water partition coefficient (Wildman–Crippen LogP) is 2.00. The minimum absolute atomic E-state index is 0.0256. The summed E-state index contributed by atoms with van der Waals surface area (Å²) in [5, 5.41) is 14.1. The van der Waals surface area contributed by atoms with Crippen molar-refractivity contribution in [1.29, 1.82) is 5.26 Å². The van der Waals surface area contributed by atoms with Gasteiger partial charge in [-0.05, 0) is 48.4 Å². The fraction of sp³-hybridized carbons (Fsp3) is 0.200. The van der Waals surface area contributed by atoms with Crippen LogP contribution in [0, 0.1) is 11.3 Å². The maximum absolute atomic E-state index is 11.8. The van der Waals surface area contributed by atoms with Crippen molar-refractivity contribution in [1.82, 2.24) is 0 Å². The molecule has 0 fully saturated rings. The van der Waals surface area contributed by atoms with Gasteiger partial charge in [0.1, 0.15) is 5.75 Å². The summed E-state index contributed by atoms with van der Waals surface area (Å²) in [4.78, 5) is 35.0. The molecule has 2 aromatic carbocycles. The summed E-state index contributed by atoms with van der Waals surface area (Å²) in [6, 6.07) is 13.5. The highest BCUT2D eigenvalue weighted by molar-refractivity contribution is 5.94. The van der Waals surface area contributed by atoms with E-state index in [2.05, 4.69) is 10.6 Å². The van der Waals surface area contributed by atoms with Crippen molar-refractivity contribution < 1.29 is 23.9 Å². The second-order valence-corrected chi connectivity index (χ2v) is 6.06. The first-order valence-corrected chi connectivity index (χ1v) is 8.55. The first-order valence-electron chi connectivity index (χ1n) is 8.55. The molecule has 3 rings (SSSR count). The van der Waals surface area contributed by atoms with Gasteiger partial charge >= 0.3 is 5.97 Å². The number of nitrogens with one attached hydrogen (secondary N) is 2. The van der Waals surface area contributed by atoms with E-state index >= 15 is 0 Å². The lowest BCUT2D eigenvalue weighted by molar-refractivity contribution is -0.149. The van der Waals surface area contributed by atoms with Crippen LogP contribution < -0.4 is 15.4 Å². The zero-order valence-electron chi connectivity index (χ0n) is 14.9. The van der Waals surface area contributed by atoms with Crippen LogP contribution in [0.1, 0.15) is 17.5 Å². The van der Waals surface area contributed by atoms with Crippen molar-refractivity contribution in [3.63, 3.8) is 0 Å². The fourth-order valence-electron chi connectivity index (χ4n) is 2.64. The first-order chi connectivity index (χ1) is 13.5. The summed E-state index contributed by atoms with van der Waals surface area (Å²) in [6.45, 7) is -0.808. The Hall–Kier alpha value is -3.86. The van der Waals surface area contributed by atoms with Crippen molar-refractivity contribution in [2.45, 2.75) is 12.8 Å². The molecule has 0 spiro atoms. The van der Waals surface area contributed by atoms with Crippen LogP contribution in [0.25, 0.3) is 0 Å². The third-order valence-corrected chi connectivity index (χ3v) is 3.97. The normalized spacial score (nSPS) is 12.2. The van der Waals surface area contributed by atoms with Crippen molar-refractivity contribution >= 4 is 29.2 Å². The summed E-state index contributed by atoms with van der Waals surface area (Å²) >= 11 is 0. The van der Waals surface area contributed by atoms with Gasteiger partial charge in [0.15, 0.2) is 13.2 Å². The lowest BCUT2D eigenvalue weighted by Crippen LogP contribution is -2.23. The highest BCUT2D eigenvalue weighted by atomic mass is 16.6. The van der Waals surface area contributed by atoms with E-state index in [1.807, 2.05) is 6.07 Å². The molecule has 0 bridgehead atoms. The second-order valence-electron chi connectivity index (χ2n) is 6.06. The molecule has 8 nitrogen and oxygen atoms in total. The molecule has 0 aliphatic carbocycles. The molecule has 0 unspecified atom stereocenters. The summed E-state index contributed by atoms with van der Waals surface area (Å²) < 4.78 is 10.3. The van der Waals surface area contributed by atoms with Crippen LogP contribution in [0.15, 0.2) is 42.5 Å². The highest BCUT2D eigenvalue weighted by Crippen LogP contribution is 2.26. The highest BCUT2D eigenvalue weighted by Gasteiger charge is 2.15. The minimum Gasteiger partial charge on any atom is -0.482 e. The van der Waals surface area contributed by atoms with Gasteiger partial charge in [0.25, 0.3) is 5.91 Å². The van der Waals surface area contributed by atoms with Crippen LogP contribution in [-0.2, 0) is 25.5 Å². The number of benzene rings is 2. The smallest absolute Gasteiger partial charge is 0.344 e. The fourth-order valence-corrected chi connectivity index (χ4v) is 2.64. The maximum Gasteiger partial charge on any atom is 0.344 e. The van der Waals surface area contributed by atoms with Crippen molar-refractivity contribution in [3.05, 3.63) is 53.6 Å². The SMILES string of the molecule is N#Cc1cccc(NC(=O)COC(=O)COc2ccc3c(c2)CCC(=O)N3)c1. The molecule has 1 aliphatic rings. The van der Waals surface area contributed by atoms with Gasteiger partial charge in [-0.3, -0.25) is 9.59 Å². The Morgan fingerprint density at radius 2 is 2.00 bits per heavy atom. The number of nitriles is 1. The number of carbonyl (C=O) groups is 3. The molecular formula is C20H17N3O5. The molecule has 1 heterocycles. The van der Waals surface area contributed by atoms with E-state index in [0.29, 0.717) is 29.8 Å². The average Bonchev–Trinajstić information content (AvgIpc) is 2.70. The largest absolute Gasteiger partial charge is 0.482 e. The van der Waals surface area contributed by atoms with Crippen LogP contribution in [0.4, 0.5) is 11.4 Å². The maximum atomic E-state index is 11.8. The number of hydrogen-bond donors (Lipinski definition) is 2. The van der Waals surface area contributed by atoms with E-state index in [9.17, 15) is 14.4 Å². The van der Waals surface area contributed by atoms with Crippen molar-refractivity contribution in [3.8, 4) is 11.8 Å². The van der Waals surface area contributed by atoms with Crippen LogP contribution in [0.5, 0.6) is 5.75 Å². The summed E-state index contributed by atoms with van der Waals surface area (Å²) in [5.74, 6) is -0.757. The Bertz CT molecular complexity index is 965. The summed E-state index contributed by atoms with van der Waals surface area (Å²) in [6.07, 6.45) is 1.01. The van der Waals surface area contributed by atoms with Gasteiger partial charge in [0.05, 0.1) is 11.6 Å². The topological polar surface area (TPSA) is 118 Å². The molecule has 0 aromatic heterocycles. The van der Waals surface area contributed by atoms with Crippen LogP contribution >= 0.6 is 0 Å². The predicted molar refractivity (Wildman–Crippen MR) is 99.6 cm³/mol. The number of rotatable bonds is 6. The lowest BCUT2D eigenvalue weighted by atomic mass is 10.0. The molecule has 0 radical (unpaired) electrons. The van der Waals surface area contributed by atoms with E-state index in [4.69, 9.17) is 14.7 Å². The van der Waals surface area contributed by atoms with E-state index < -0.39 is 18.5 Å². The van der Waals surface area contributed by atoms with Crippen LogP contribution in [0.3, 0.4) is 0 Å². The van der Waals surface area contributed by atoms with Crippen LogP contribution in [0.2, 0.25) is 0 Å². The number of aryl methyl sites for hydroxylation is 1. The Morgan fingerprint density at radius 3 is 2.82 bits per heavy atom. The molecule has 2 aromatic rings. The van der Waals surface area contributed by atoms with Crippen LogP contribution in [-0.4, -0.2) is 31.0 Å². The van der Waals surface area contributed by atoms with Crippen molar-refractivity contribution in [2.75, 3.05) is 23.8 Å². The van der Waals surface area contributed by atoms with Gasteiger partial charge < -0.3 is 20.1 Å². The average molecular weight is 379 g/mol. The molecule has 0 saturated heterocycles. The molecule has 0 atom stereocenters. The van der Waals surface area contributed by atoms with E-state index in [-0.39, 0.29) is 12.5 Å². The van der Waals surface area contributed by atoms with Gasteiger partial charge in [-0.2, -0.15) is 5.26 Å². The quantitative estimate of drug-likeness (QED) is 0.742. The first kappa shape index (κ1) is 18.9. The minimum atomic E-state index is -0.688. The lowest BCUT2D eigenvalue weighted by Gasteiger charge is -2.17. The Labute approximate surface area is 161 Å². The van der Waals surface area contributed by atoms with Gasteiger partial charge in [-0.1, -0.05) is 6.07 Å². The molecule has 142 valence electrons. The van der Waals surface area contributed by atoms with Gasteiger partial charge in [0, 0.05) is 17.8 Å². The zero-order valence-corrected chi connectivity index (χ0v) is 14.9. The number of anilines is 2. The molecule has 2 N–H and O–H groups in total. The van der Waals surface area contributed by atoms with E-state index in [1.54, 1.807) is 36.4 Å². The summed E-state index contributed by atoms with van der Waals surface area (Å²) in [7, 11) is 0. The van der Waals surface area contributed by atoms with Gasteiger partial charge in [0.2, 0.25) is 5.91 Å². The molecule has 2 amide bonds. The van der Waals surface area contributed by atoms with Gasteiger partial charge in [-0.15, -0.1) is 0 Å². The summed E-state index contributed by atoms with van der Waals surface area (Å²) in [5.41, 5.74) is 2.53. The zero-order chi connectivity index (χ0) is 19.9. The molecule has 28 heavy (non-hydrogen) atoms. The molecule has 0 saturated carbocycles. The second kappa shape index (κ2) is 8.68. The molecular weight excluding hydrogens is 362 g/mol. The number of carbonyl (C=O) groups excluding carboxylic acids is 3. The Morgan fingerprint density at radius 1 is 1.14 bits per heavy atom. The molecule has 8 heteroatoms. The molecule has 1 aliphatic heterocycles. The Balaban J connectivity index is 1.44. The van der Waals surface area contributed by atoms with E-state index in [1.165, 1.54) is 6.07 Å². The van der Waals surface area contributed by atoms with Crippen molar-refractivity contribution in [2.24, 2.45) is 0 Å². The third-order valence-electron chi connectivity index (χ3n) is 3.97. The number of nitrogens with zero attached hydrogens (tertiary/aromatic N) is 1. The third kappa shape index (κ3) is 5.08. The number of fused-ring (bicyclic) bond motifs is 1.